The van der Waals surface area contributed by atoms with Gasteiger partial charge in [0.2, 0.25) is 5.91 Å². The van der Waals surface area contributed by atoms with Gasteiger partial charge in [-0.25, -0.2) is 4.79 Å². The maximum absolute atomic E-state index is 11.7. The molecule has 0 aliphatic rings. The van der Waals surface area contributed by atoms with E-state index in [9.17, 15) is 22.8 Å². The number of halogens is 3. The number of ether oxygens (including phenoxy) is 1. The van der Waals surface area contributed by atoms with E-state index in [0.29, 0.717) is 0 Å². The molecule has 1 atom stereocenters. The van der Waals surface area contributed by atoms with Crippen molar-refractivity contribution in [3.05, 3.63) is 0 Å². The molecule has 0 rings (SSSR count). The van der Waals surface area contributed by atoms with E-state index in [1.165, 1.54) is 13.8 Å². The molecule has 8 heteroatoms. The number of carboxylic acid groups (broad SMARTS) is 1. The molecule has 0 heterocycles. The molecule has 0 saturated carbocycles. The van der Waals surface area contributed by atoms with Crippen molar-refractivity contribution < 1.29 is 32.6 Å². The van der Waals surface area contributed by atoms with E-state index < -0.39 is 36.8 Å². The summed E-state index contributed by atoms with van der Waals surface area (Å²) < 4.78 is 39.2. The van der Waals surface area contributed by atoms with Crippen LogP contribution in [0.5, 0.6) is 0 Å². The van der Waals surface area contributed by atoms with Crippen molar-refractivity contribution in [1.29, 1.82) is 0 Å². The smallest absolute Gasteiger partial charge is 0.411 e. The van der Waals surface area contributed by atoms with Gasteiger partial charge in [-0.05, 0) is 13.3 Å². The van der Waals surface area contributed by atoms with Crippen molar-refractivity contribution in [2.24, 2.45) is 0 Å². The quantitative estimate of drug-likeness (QED) is 0.742. The molecule has 0 aromatic rings. The fraction of sp³-hybridized carbons (Fsp3) is 0.778. The predicted molar refractivity (Wildman–Crippen MR) is 51.3 cm³/mol. The Labute approximate surface area is 95.9 Å². The second-order valence-corrected chi connectivity index (χ2v) is 3.65. The fourth-order valence-corrected chi connectivity index (χ4v) is 0.896. The van der Waals surface area contributed by atoms with E-state index in [0.717, 1.165) is 0 Å². The Kier molecular flexibility index (Phi) is 5.40. The van der Waals surface area contributed by atoms with Crippen LogP contribution in [0, 0.1) is 0 Å². The number of carboxylic acids is 1. The first-order chi connectivity index (χ1) is 7.60. The summed E-state index contributed by atoms with van der Waals surface area (Å²) >= 11 is 0. The van der Waals surface area contributed by atoms with Crippen molar-refractivity contribution in [3.63, 3.8) is 0 Å². The third-order valence-electron chi connectivity index (χ3n) is 2.09. The van der Waals surface area contributed by atoms with E-state index in [1.807, 2.05) is 0 Å². The number of hydrogen-bond donors (Lipinski definition) is 2. The van der Waals surface area contributed by atoms with Gasteiger partial charge in [-0.2, -0.15) is 13.2 Å². The van der Waals surface area contributed by atoms with E-state index >= 15 is 0 Å². The van der Waals surface area contributed by atoms with Crippen molar-refractivity contribution >= 4 is 11.9 Å². The summed E-state index contributed by atoms with van der Waals surface area (Å²) in [4.78, 5) is 21.9. The van der Waals surface area contributed by atoms with Gasteiger partial charge in [0.25, 0.3) is 0 Å². The lowest BCUT2D eigenvalue weighted by Gasteiger charge is -2.24. The summed E-state index contributed by atoms with van der Waals surface area (Å²) in [6.45, 7) is 0.417. The van der Waals surface area contributed by atoms with Gasteiger partial charge in [0.05, 0.1) is 0 Å². The molecule has 0 aromatic carbocycles. The van der Waals surface area contributed by atoms with Crippen LogP contribution in [-0.4, -0.2) is 41.9 Å². The first-order valence-electron chi connectivity index (χ1n) is 4.79. The highest BCUT2D eigenvalue weighted by atomic mass is 19.4. The molecular weight excluding hydrogens is 243 g/mol. The first-order valence-corrected chi connectivity index (χ1v) is 4.79. The number of rotatable bonds is 6. The minimum atomic E-state index is -4.51. The predicted octanol–water partition coefficient (Wildman–Crippen LogP) is 0.935. The Morgan fingerprint density at radius 2 is 1.88 bits per heavy atom. The van der Waals surface area contributed by atoms with Gasteiger partial charge in [0.1, 0.15) is 18.8 Å². The van der Waals surface area contributed by atoms with Gasteiger partial charge in [-0.1, -0.05) is 6.92 Å². The molecule has 0 fully saturated rings. The number of aliphatic carboxylic acids is 1. The van der Waals surface area contributed by atoms with Gasteiger partial charge < -0.3 is 15.2 Å². The Bertz CT molecular complexity index is 292. The van der Waals surface area contributed by atoms with Crippen LogP contribution in [0.2, 0.25) is 0 Å². The summed E-state index contributed by atoms with van der Waals surface area (Å²) in [6, 6.07) is 0. The van der Waals surface area contributed by atoms with Crippen LogP contribution in [0.25, 0.3) is 0 Å². The molecule has 0 aliphatic carbocycles. The van der Waals surface area contributed by atoms with Crippen LogP contribution in [-0.2, 0) is 14.3 Å². The third-order valence-corrected chi connectivity index (χ3v) is 2.09. The number of amides is 1. The van der Waals surface area contributed by atoms with Crippen molar-refractivity contribution in [2.45, 2.75) is 32.0 Å². The van der Waals surface area contributed by atoms with Gasteiger partial charge in [-0.3, -0.25) is 4.79 Å². The highest BCUT2D eigenvalue weighted by molar-refractivity contribution is 5.87. The minimum absolute atomic E-state index is 0.105. The summed E-state index contributed by atoms with van der Waals surface area (Å²) in [7, 11) is 0. The SMILES string of the molecule is CCC(C)(NC(=O)COCC(F)(F)F)C(=O)O. The Hall–Kier alpha value is -1.31. The van der Waals surface area contributed by atoms with Crippen LogP contribution in [0.3, 0.4) is 0 Å². The second kappa shape index (κ2) is 5.85. The van der Waals surface area contributed by atoms with Gasteiger partial charge >= 0.3 is 12.1 Å². The van der Waals surface area contributed by atoms with E-state index in [2.05, 4.69) is 10.1 Å². The third kappa shape index (κ3) is 6.10. The average molecular weight is 257 g/mol. The molecule has 17 heavy (non-hydrogen) atoms. The Morgan fingerprint density at radius 1 is 1.35 bits per heavy atom. The Morgan fingerprint density at radius 3 is 2.24 bits per heavy atom. The molecule has 0 aliphatic heterocycles. The largest absolute Gasteiger partial charge is 0.480 e. The first kappa shape index (κ1) is 15.7. The molecule has 2 N–H and O–H groups in total. The molecule has 0 aromatic heterocycles. The van der Waals surface area contributed by atoms with Crippen LogP contribution in [0.15, 0.2) is 0 Å². The maximum atomic E-state index is 11.7. The van der Waals surface area contributed by atoms with Crippen molar-refractivity contribution in [1.82, 2.24) is 5.32 Å². The maximum Gasteiger partial charge on any atom is 0.411 e. The number of carbonyl (C=O) groups excluding carboxylic acids is 1. The van der Waals surface area contributed by atoms with Crippen molar-refractivity contribution in [3.8, 4) is 0 Å². The standard InChI is InChI=1S/C9H14F3NO4/c1-3-8(2,7(15)16)13-6(14)4-17-5-9(10,11)12/h3-5H2,1-2H3,(H,13,14)(H,15,16). The lowest BCUT2D eigenvalue weighted by atomic mass is 9.99. The summed E-state index contributed by atoms with van der Waals surface area (Å²) in [5, 5.41) is 10.9. The Balaban J connectivity index is 4.14. The average Bonchev–Trinajstić information content (AvgIpc) is 2.15. The monoisotopic (exact) mass is 257 g/mol. The van der Waals surface area contributed by atoms with Crippen LogP contribution < -0.4 is 5.32 Å². The topological polar surface area (TPSA) is 75.6 Å². The second-order valence-electron chi connectivity index (χ2n) is 3.65. The molecule has 0 spiro atoms. The minimum Gasteiger partial charge on any atom is -0.480 e. The lowest BCUT2D eigenvalue weighted by molar-refractivity contribution is -0.176. The molecule has 1 amide bonds. The van der Waals surface area contributed by atoms with E-state index in [1.54, 1.807) is 0 Å². The molecule has 0 bridgehead atoms. The number of carbonyl (C=O) groups is 2. The molecule has 5 nitrogen and oxygen atoms in total. The highest BCUT2D eigenvalue weighted by Gasteiger charge is 2.33. The number of alkyl halides is 3. The summed E-state index contributed by atoms with van der Waals surface area (Å²) in [5.41, 5.74) is -1.50. The zero-order valence-corrected chi connectivity index (χ0v) is 9.43. The molecule has 0 radical (unpaired) electrons. The van der Waals surface area contributed by atoms with Gasteiger partial charge in [0.15, 0.2) is 0 Å². The lowest BCUT2D eigenvalue weighted by Crippen LogP contribution is -2.52. The molecule has 1 unspecified atom stereocenters. The zero-order valence-electron chi connectivity index (χ0n) is 9.43. The molecule has 100 valence electrons. The summed E-state index contributed by atoms with van der Waals surface area (Å²) in [6.07, 6.45) is -4.41. The van der Waals surface area contributed by atoms with Crippen LogP contribution in [0.4, 0.5) is 13.2 Å². The summed E-state index contributed by atoms with van der Waals surface area (Å²) in [5.74, 6) is -2.16. The number of nitrogens with one attached hydrogen (secondary N) is 1. The van der Waals surface area contributed by atoms with E-state index in [4.69, 9.17) is 5.11 Å². The molecular formula is C9H14F3NO4. The number of hydrogen-bond acceptors (Lipinski definition) is 3. The van der Waals surface area contributed by atoms with Crippen LogP contribution in [0.1, 0.15) is 20.3 Å². The van der Waals surface area contributed by atoms with E-state index in [-0.39, 0.29) is 6.42 Å². The highest BCUT2D eigenvalue weighted by Crippen LogP contribution is 2.14. The van der Waals surface area contributed by atoms with Gasteiger partial charge in [0, 0.05) is 0 Å². The van der Waals surface area contributed by atoms with Crippen molar-refractivity contribution in [2.75, 3.05) is 13.2 Å². The fourth-order valence-electron chi connectivity index (χ4n) is 0.896. The zero-order chi connectivity index (χ0) is 13.7. The molecule has 0 saturated heterocycles. The van der Waals surface area contributed by atoms with Gasteiger partial charge in [-0.15, -0.1) is 0 Å². The van der Waals surface area contributed by atoms with Crippen LogP contribution >= 0.6 is 0 Å². The normalized spacial score (nSPS) is 15.1.